The molecule has 1 aliphatic heterocycles. The highest BCUT2D eigenvalue weighted by Crippen LogP contribution is 2.30. The minimum Gasteiger partial charge on any atom is -0.475 e. The maximum Gasteiger partial charge on any atom is 0.417 e. The number of aliphatic hydroxyl groups is 1. The van der Waals surface area contributed by atoms with Crippen LogP contribution < -0.4 is 9.64 Å². The average molecular weight is 462 g/mol. The molecule has 1 aliphatic rings. The molecule has 176 valence electrons. The first-order valence-electron chi connectivity index (χ1n) is 10.6. The van der Waals surface area contributed by atoms with E-state index < -0.39 is 11.7 Å². The van der Waals surface area contributed by atoms with Gasteiger partial charge in [0.15, 0.2) is 0 Å². The predicted molar refractivity (Wildman–Crippen MR) is 116 cm³/mol. The zero-order chi connectivity index (χ0) is 23.4. The number of nitrogens with zero attached hydrogens (tertiary/aromatic N) is 5. The van der Waals surface area contributed by atoms with Crippen LogP contribution in [0.4, 0.5) is 19.0 Å². The molecule has 0 amide bonds. The van der Waals surface area contributed by atoms with E-state index in [2.05, 4.69) is 25.1 Å². The summed E-state index contributed by atoms with van der Waals surface area (Å²) in [6.45, 7) is 4.96. The Labute approximate surface area is 189 Å². The lowest BCUT2D eigenvalue weighted by atomic mass is 10.1. The van der Waals surface area contributed by atoms with E-state index in [1.54, 1.807) is 12.3 Å². The van der Waals surface area contributed by atoms with E-state index in [0.717, 1.165) is 42.2 Å². The Morgan fingerprint density at radius 2 is 2.00 bits per heavy atom. The van der Waals surface area contributed by atoms with Crippen LogP contribution in [0.15, 0.2) is 42.9 Å². The van der Waals surface area contributed by atoms with E-state index in [-0.39, 0.29) is 19.3 Å². The van der Waals surface area contributed by atoms with Crippen LogP contribution in [0.2, 0.25) is 0 Å². The van der Waals surface area contributed by atoms with E-state index in [1.165, 1.54) is 6.07 Å². The molecule has 1 atom stereocenters. The summed E-state index contributed by atoms with van der Waals surface area (Å²) in [4.78, 5) is 12.6. The van der Waals surface area contributed by atoms with E-state index in [9.17, 15) is 13.2 Å². The quantitative estimate of drug-likeness (QED) is 0.558. The number of hydrogen-bond donors (Lipinski definition) is 2. The molecule has 4 heterocycles. The van der Waals surface area contributed by atoms with Crippen molar-refractivity contribution in [3.63, 3.8) is 0 Å². The Kier molecular flexibility index (Phi) is 6.80. The lowest BCUT2D eigenvalue weighted by molar-refractivity contribution is -0.137. The molecule has 0 aromatic carbocycles. The number of pyridine rings is 2. The maximum absolute atomic E-state index is 12.8. The molecule has 1 fully saturated rings. The monoisotopic (exact) mass is 462 g/mol. The lowest BCUT2D eigenvalue weighted by Gasteiger charge is -2.40. The van der Waals surface area contributed by atoms with Gasteiger partial charge in [-0.05, 0) is 25.1 Å². The molecule has 4 rings (SSSR count). The van der Waals surface area contributed by atoms with Gasteiger partial charge in [0.2, 0.25) is 5.88 Å². The number of halogens is 3. The maximum atomic E-state index is 12.8. The number of ether oxygens (including phenoxy) is 1. The molecule has 0 aliphatic carbocycles. The molecule has 0 unspecified atom stereocenters. The van der Waals surface area contributed by atoms with Gasteiger partial charge >= 0.3 is 6.18 Å². The third-order valence-corrected chi connectivity index (χ3v) is 5.55. The van der Waals surface area contributed by atoms with E-state index in [4.69, 9.17) is 9.84 Å². The number of rotatable bonds is 7. The molecule has 3 aromatic heterocycles. The molecule has 11 heteroatoms. The van der Waals surface area contributed by atoms with E-state index in [1.807, 2.05) is 24.1 Å². The van der Waals surface area contributed by atoms with Gasteiger partial charge in [0.25, 0.3) is 0 Å². The van der Waals surface area contributed by atoms with Crippen LogP contribution >= 0.6 is 0 Å². The topological polar surface area (TPSA) is 90.4 Å². The number of piperazine rings is 1. The van der Waals surface area contributed by atoms with Crippen molar-refractivity contribution in [2.75, 3.05) is 37.7 Å². The number of nitrogens with one attached hydrogen (secondary N) is 1. The first kappa shape index (κ1) is 23.0. The standard InChI is InChI=1S/C22H25F3N6O2/c1-15-13-30(6-7-31(15)19-4-3-18(12-26-19)22(23,24)25)14-17-11-28-29-21(17)16-2-5-20(27-10-16)33-9-8-32/h2-5,10-12,15,32H,6-9,13-14H2,1H3,(H,28,29)/t15-/m1/s1. The molecule has 0 bridgehead atoms. The van der Waals surface area contributed by atoms with Crippen molar-refractivity contribution >= 4 is 5.82 Å². The van der Waals surface area contributed by atoms with Crippen LogP contribution in [-0.2, 0) is 12.7 Å². The molecule has 8 nitrogen and oxygen atoms in total. The van der Waals surface area contributed by atoms with Gasteiger partial charge in [0.05, 0.1) is 17.9 Å². The summed E-state index contributed by atoms with van der Waals surface area (Å²) in [5.41, 5.74) is 1.93. The minimum atomic E-state index is -4.39. The van der Waals surface area contributed by atoms with Crippen LogP contribution in [0.1, 0.15) is 18.1 Å². The molecule has 1 saturated heterocycles. The zero-order valence-electron chi connectivity index (χ0n) is 18.1. The second-order valence-corrected chi connectivity index (χ2v) is 7.90. The number of anilines is 1. The summed E-state index contributed by atoms with van der Waals surface area (Å²) in [5.74, 6) is 0.987. The largest absolute Gasteiger partial charge is 0.475 e. The normalized spacial score (nSPS) is 17.4. The summed E-state index contributed by atoms with van der Waals surface area (Å²) in [5, 5.41) is 16.1. The Balaban J connectivity index is 1.39. The number of hydrogen-bond acceptors (Lipinski definition) is 7. The highest BCUT2D eigenvalue weighted by molar-refractivity contribution is 5.61. The fourth-order valence-electron chi connectivity index (χ4n) is 3.92. The van der Waals surface area contributed by atoms with Gasteiger partial charge in [-0.3, -0.25) is 10.00 Å². The van der Waals surface area contributed by atoms with Gasteiger partial charge in [0, 0.05) is 68.0 Å². The zero-order valence-corrected chi connectivity index (χ0v) is 18.1. The van der Waals surface area contributed by atoms with Crippen molar-refractivity contribution in [1.29, 1.82) is 0 Å². The Morgan fingerprint density at radius 3 is 2.64 bits per heavy atom. The first-order valence-corrected chi connectivity index (χ1v) is 10.6. The van der Waals surface area contributed by atoms with Crippen molar-refractivity contribution in [2.24, 2.45) is 0 Å². The first-order chi connectivity index (χ1) is 15.8. The van der Waals surface area contributed by atoms with Gasteiger partial charge in [-0.15, -0.1) is 0 Å². The van der Waals surface area contributed by atoms with E-state index in [0.29, 0.717) is 24.8 Å². The molecular weight excluding hydrogens is 437 g/mol. The number of aromatic amines is 1. The lowest BCUT2D eigenvalue weighted by Crippen LogP contribution is -2.51. The summed E-state index contributed by atoms with van der Waals surface area (Å²) in [6, 6.07) is 6.21. The van der Waals surface area contributed by atoms with Gasteiger partial charge in [-0.1, -0.05) is 0 Å². The molecule has 0 spiro atoms. The van der Waals surface area contributed by atoms with Gasteiger partial charge < -0.3 is 14.7 Å². The van der Waals surface area contributed by atoms with Crippen LogP contribution in [0.5, 0.6) is 5.88 Å². The summed E-state index contributed by atoms with van der Waals surface area (Å²) in [7, 11) is 0. The average Bonchev–Trinajstić information content (AvgIpc) is 3.26. The summed E-state index contributed by atoms with van der Waals surface area (Å²) in [6.07, 6.45) is 0.0456. The molecule has 3 aromatic rings. The minimum absolute atomic E-state index is 0.0758. The number of H-pyrrole nitrogens is 1. The Hall–Kier alpha value is -3.18. The Morgan fingerprint density at radius 1 is 1.15 bits per heavy atom. The molecular formula is C22H25F3N6O2. The van der Waals surface area contributed by atoms with Gasteiger partial charge in [-0.25, -0.2) is 9.97 Å². The van der Waals surface area contributed by atoms with Crippen LogP contribution in [-0.4, -0.2) is 69.1 Å². The fourth-order valence-corrected chi connectivity index (χ4v) is 3.92. The van der Waals surface area contributed by atoms with Gasteiger partial charge in [0.1, 0.15) is 12.4 Å². The fraction of sp³-hybridized carbons (Fsp3) is 0.409. The predicted octanol–water partition coefficient (Wildman–Crippen LogP) is 2.97. The van der Waals surface area contributed by atoms with Crippen molar-refractivity contribution in [2.45, 2.75) is 25.7 Å². The van der Waals surface area contributed by atoms with Gasteiger partial charge in [-0.2, -0.15) is 18.3 Å². The van der Waals surface area contributed by atoms with Crippen molar-refractivity contribution < 1.29 is 23.0 Å². The third-order valence-electron chi connectivity index (χ3n) is 5.55. The summed E-state index contributed by atoms with van der Waals surface area (Å²) >= 11 is 0. The number of aliphatic hydroxyl groups excluding tert-OH is 1. The van der Waals surface area contributed by atoms with Crippen molar-refractivity contribution in [3.8, 4) is 17.1 Å². The number of alkyl halides is 3. The molecule has 0 radical (unpaired) electrons. The second-order valence-electron chi connectivity index (χ2n) is 7.90. The third kappa shape index (κ3) is 5.42. The second kappa shape index (κ2) is 9.75. The SMILES string of the molecule is C[C@@H]1CN(Cc2c[nH]nc2-c2ccc(OCCO)nc2)CCN1c1ccc(C(F)(F)F)cn1. The molecule has 2 N–H and O–H groups in total. The van der Waals surface area contributed by atoms with E-state index >= 15 is 0 Å². The summed E-state index contributed by atoms with van der Waals surface area (Å²) < 4.78 is 43.7. The highest BCUT2D eigenvalue weighted by atomic mass is 19.4. The van der Waals surface area contributed by atoms with Crippen LogP contribution in [0.3, 0.4) is 0 Å². The molecule has 33 heavy (non-hydrogen) atoms. The van der Waals surface area contributed by atoms with Crippen molar-refractivity contribution in [3.05, 3.63) is 54.0 Å². The van der Waals surface area contributed by atoms with Crippen molar-refractivity contribution in [1.82, 2.24) is 25.1 Å². The Bertz CT molecular complexity index is 1040. The number of aromatic nitrogens is 4. The smallest absolute Gasteiger partial charge is 0.417 e. The van der Waals surface area contributed by atoms with Crippen LogP contribution in [0.25, 0.3) is 11.3 Å². The highest BCUT2D eigenvalue weighted by Gasteiger charge is 2.32. The van der Waals surface area contributed by atoms with Crippen LogP contribution in [0, 0.1) is 0 Å². The molecule has 0 saturated carbocycles.